The van der Waals surface area contributed by atoms with E-state index in [9.17, 15) is 27.7 Å². The van der Waals surface area contributed by atoms with Crippen molar-refractivity contribution in [3.05, 3.63) is 69.3 Å². The van der Waals surface area contributed by atoms with E-state index in [0.29, 0.717) is 17.3 Å². The summed E-state index contributed by atoms with van der Waals surface area (Å²) in [5.41, 5.74) is -1.14. The zero-order valence-corrected chi connectivity index (χ0v) is 11.1. The van der Waals surface area contributed by atoms with E-state index in [-0.39, 0.29) is 5.75 Å². The van der Waals surface area contributed by atoms with Gasteiger partial charge in [-0.25, -0.2) is 8.78 Å². The van der Waals surface area contributed by atoms with Crippen molar-refractivity contribution in [2.45, 2.75) is 10.6 Å². The van der Waals surface area contributed by atoms with Crippen LogP contribution in [0.25, 0.3) is 0 Å². The van der Waals surface area contributed by atoms with Gasteiger partial charge in [0.05, 0.1) is 9.82 Å². The highest BCUT2D eigenvalue weighted by Crippen LogP contribution is 2.36. The van der Waals surface area contributed by atoms with Gasteiger partial charge in [0.1, 0.15) is 0 Å². The molecule has 110 valence electrons. The molecular weight excluding hydrogens is 310 g/mol. The summed E-state index contributed by atoms with van der Waals surface area (Å²) in [6.07, 6.45) is 0. The maximum Gasteiger partial charge on any atom is 0.346 e. The number of nitro groups is 1. The summed E-state index contributed by atoms with van der Waals surface area (Å²) in [6.45, 7) is 0. The summed E-state index contributed by atoms with van der Waals surface area (Å²) in [5.74, 6) is -7.47. The smallest absolute Gasteiger partial charge is 0.258 e. The van der Waals surface area contributed by atoms with E-state index in [1.165, 1.54) is 0 Å². The molecule has 0 N–H and O–H groups in total. The van der Waals surface area contributed by atoms with Gasteiger partial charge in [0.15, 0.2) is 11.6 Å². The monoisotopic (exact) mass is 317 g/mol. The number of hydrogen-bond acceptors (Lipinski definition) is 3. The normalized spacial score (nSPS) is 10.7. The zero-order chi connectivity index (χ0) is 15.6. The lowest BCUT2D eigenvalue weighted by Gasteiger charge is -2.07. The second-order valence-corrected chi connectivity index (χ2v) is 4.95. The molecule has 0 heterocycles. The van der Waals surface area contributed by atoms with Crippen LogP contribution in [0.2, 0.25) is 0 Å². The van der Waals surface area contributed by atoms with E-state index < -0.39 is 38.8 Å². The van der Waals surface area contributed by atoms with Crippen molar-refractivity contribution >= 4 is 17.4 Å². The average molecular weight is 317 g/mol. The third-order valence-electron chi connectivity index (χ3n) is 2.61. The van der Waals surface area contributed by atoms with Gasteiger partial charge in [0.25, 0.3) is 0 Å². The van der Waals surface area contributed by atoms with Crippen LogP contribution < -0.4 is 0 Å². The maximum atomic E-state index is 13.7. The Labute approximate surface area is 120 Å². The summed E-state index contributed by atoms with van der Waals surface area (Å²) >= 11 is 0.523. The molecule has 0 radical (unpaired) electrons. The van der Waals surface area contributed by atoms with Crippen molar-refractivity contribution in [2.75, 3.05) is 0 Å². The molecule has 0 fully saturated rings. The van der Waals surface area contributed by atoms with Crippen LogP contribution in [0.3, 0.4) is 0 Å². The first kappa shape index (κ1) is 15.3. The van der Waals surface area contributed by atoms with Crippen molar-refractivity contribution in [1.29, 1.82) is 0 Å². The summed E-state index contributed by atoms with van der Waals surface area (Å²) in [4.78, 5) is 8.01. The van der Waals surface area contributed by atoms with Crippen molar-refractivity contribution in [1.82, 2.24) is 0 Å². The van der Waals surface area contributed by atoms with Crippen molar-refractivity contribution in [3.63, 3.8) is 0 Å². The Morgan fingerprint density at radius 3 is 1.95 bits per heavy atom. The van der Waals surface area contributed by atoms with Gasteiger partial charge >= 0.3 is 5.69 Å². The Morgan fingerprint density at radius 1 is 0.952 bits per heavy atom. The SMILES string of the molecule is O=[N+]([O-])c1c(F)c(F)c(SCc2ccccc2)c(F)c1F. The van der Waals surface area contributed by atoms with Gasteiger partial charge in [-0.3, -0.25) is 10.1 Å². The van der Waals surface area contributed by atoms with Crippen LogP contribution in [0.5, 0.6) is 0 Å². The molecule has 0 saturated carbocycles. The standard InChI is InChI=1S/C13H7F4NO2S/c14-8-10(16)13(11(17)9(15)12(8)18(19)20)21-6-7-4-2-1-3-5-7/h1-5H,6H2. The lowest BCUT2D eigenvalue weighted by Crippen LogP contribution is -2.05. The Morgan fingerprint density at radius 2 is 1.48 bits per heavy atom. The molecule has 0 saturated heterocycles. The highest BCUT2D eigenvalue weighted by atomic mass is 32.2. The molecule has 8 heteroatoms. The van der Waals surface area contributed by atoms with Gasteiger partial charge in [0, 0.05) is 5.75 Å². The minimum absolute atomic E-state index is 0.0609. The third-order valence-corrected chi connectivity index (χ3v) is 3.73. The molecule has 0 bridgehead atoms. The Balaban J connectivity index is 2.39. The van der Waals surface area contributed by atoms with Crippen LogP contribution in [0.4, 0.5) is 23.2 Å². The van der Waals surface area contributed by atoms with E-state index in [1.54, 1.807) is 30.3 Å². The largest absolute Gasteiger partial charge is 0.346 e. The third kappa shape index (κ3) is 2.99. The number of rotatable bonds is 4. The predicted octanol–water partition coefficient (Wildman–Crippen LogP) is 4.44. The Bertz CT molecular complexity index is 665. The molecule has 0 spiro atoms. The maximum absolute atomic E-state index is 13.7. The first-order valence-electron chi connectivity index (χ1n) is 5.60. The van der Waals surface area contributed by atoms with Gasteiger partial charge in [-0.2, -0.15) is 8.78 Å². The fourth-order valence-corrected chi connectivity index (χ4v) is 2.55. The number of nitro benzene ring substituents is 1. The lowest BCUT2D eigenvalue weighted by atomic mass is 10.2. The minimum Gasteiger partial charge on any atom is -0.258 e. The molecule has 0 aromatic heterocycles. The Hall–Kier alpha value is -2.09. The van der Waals surface area contributed by atoms with E-state index in [4.69, 9.17) is 0 Å². The number of halogens is 4. The molecular formula is C13H7F4NO2S. The topological polar surface area (TPSA) is 43.1 Å². The molecule has 3 nitrogen and oxygen atoms in total. The first-order chi connectivity index (χ1) is 9.93. The Kier molecular flexibility index (Phi) is 4.46. The molecule has 0 amide bonds. The number of hydrogen-bond donors (Lipinski definition) is 0. The summed E-state index contributed by atoms with van der Waals surface area (Å²) in [7, 11) is 0. The fourth-order valence-electron chi connectivity index (χ4n) is 1.62. The first-order valence-corrected chi connectivity index (χ1v) is 6.59. The molecule has 2 rings (SSSR count). The highest BCUT2D eigenvalue weighted by Gasteiger charge is 2.33. The van der Waals surface area contributed by atoms with Crippen LogP contribution >= 0.6 is 11.8 Å². The molecule has 2 aromatic rings. The van der Waals surface area contributed by atoms with Crippen LogP contribution in [-0.4, -0.2) is 4.92 Å². The summed E-state index contributed by atoms with van der Waals surface area (Å²) < 4.78 is 54.2. The number of thioether (sulfide) groups is 1. The van der Waals surface area contributed by atoms with E-state index in [2.05, 4.69) is 0 Å². The van der Waals surface area contributed by atoms with E-state index in [0.717, 1.165) is 0 Å². The average Bonchev–Trinajstić information content (AvgIpc) is 2.46. The second-order valence-electron chi connectivity index (χ2n) is 3.97. The molecule has 2 aromatic carbocycles. The summed E-state index contributed by atoms with van der Waals surface area (Å²) in [6, 6.07) is 8.46. The van der Waals surface area contributed by atoms with E-state index in [1.807, 2.05) is 0 Å². The van der Waals surface area contributed by atoms with Crippen molar-refractivity contribution in [3.8, 4) is 0 Å². The molecule has 0 atom stereocenters. The van der Waals surface area contributed by atoms with Crippen LogP contribution in [0.1, 0.15) is 5.56 Å². The van der Waals surface area contributed by atoms with Gasteiger partial charge < -0.3 is 0 Å². The van der Waals surface area contributed by atoms with Gasteiger partial charge in [0.2, 0.25) is 11.6 Å². The molecule has 0 aliphatic rings. The van der Waals surface area contributed by atoms with Crippen molar-refractivity contribution in [2.24, 2.45) is 0 Å². The quantitative estimate of drug-likeness (QED) is 0.275. The number of benzene rings is 2. The fraction of sp³-hybridized carbons (Fsp3) is 0.0769. The predicted molar refractivity (Wildman–Crippen MR) is 68.9 cm³/mol. The lowest BCUT2D eigenvalue weighted by molar-refractivity contribution is -0.390. The summed E-state index contributed by atoms with van der Waals surface area (Å²) in [5, 5.41) is 10.4. The zero-order valence-electron chi connectivity index (χ0n) is 10.3. The minimum atomic E-state index is -2.01. The second kappa shape index (κ2) is 6.13. The highest BCUT2D eigenvalue weighted by molar-refractivity contribution is 7.98. The number of nitrogens with zero attached hydrogens (tertiary/aromatic N) is 1. The molecule has 0 aliphatic heterocycles. The van der Waals surface area contributed by atoms with Gasteiger partial charge in [-0.15, -0.1) is 11.8 Å². The van der Waals surface area contributed by atoms with Crippen molar-refractivity contribution < 1.29 is 22.5 Å². The molecule has 0 unspecified atom stereocenters. The molecule has 0 aliphatic carbocycles. The van der Waals surface area contributed by atoms with Crippen LogP contribution in [0, 0.1) is 33.4 Å². The van der Waals surface area contributed by atoms with E-state index >= 15 is 0 Å². The van der Waals surface area contributed by atoms with Gasteiger partial charge in [-0.05, 0) is 5.56 Å². The van der Waals surface area contributed by atoms with Gasteiger partial charge in [-0.1, -0.05) is 30.3 Å². The van der Waals surface area contributed by atoms with Crippen LogP contribution in [-0.2, 0) is 5.75 Å². The van der Waals surface area contributed by atoms with Crippen LogP contribution in [0.15, 0.2) is 35.2 Å². The molecule has 21 heavy (non-hydrogen) atoms.